The molecule has 0 fully saturated rings. The van der Waals surface area contributed by atoms with Crippen LogP contribution in [0.4, 0.5) is 5.69 Å². The second-order valence-corrected chi connectivity index (χ2v) is 11.8. The van der Waals surface area contributed by atoms with Crippen LogP contribution in [0.3, 0.4) is 0 Å². The van der Waals surface area contributed by atoms with Crippen LogP contribution >= 0.6 is 0 Å². The van der Waals surface area contributed by atoms with Crippen molar-refractivity contribution in [3.05, 3.63) is 95.6 Å². The number of sulfonamides is 1. The molecule has 0 unspecified atom stereocenters. The normalized spacial score (nSPS) is 12.2. The van der Waals surface area contributed by atoms with Crippen LogP contribution in [0, 0.1) is 6.92 Å². The van der Waals surface area contributed by atoms with Crippen molar-refractivity contribution in [1.29, 1.82) is 0 Å². The third-order valence-electron chi connectivity index (χ3n) is 6.54. The molecule has 0 aliphatic rings. The Morgan fingerprint density at radius 3 is 2.08 bits per heavy atom. The van der Waals surface area contributed by atoms with E-state index in [2.05, 4.69) is 5.32 Å². The lowest BCUT2D eigenvalue weighted by atomic mass is 10.1. The molecule has 0 saturated carbocycles. The van der Waals surface area contributed by atoms with Crippen molar-refractivity contribution in [2.45, 2.75) is 71.0 Å². The van der Waals surface area contributed by atoms with Crippen molar-refractivity contribution in [1.82, 2.24) is 10.2 Å². The Hall–Kier alpha value is -3.65. The number of carbonyl (C=O) groups is 2. The largest absolute Gasteiger partial charge is 0.352 e. The molecular formula is C31H39N3O4S. The van der Waals surface area contributed by atoms with E-state index in [-0.39, 0.29) is 23.4 Å². The number of hydrogen-bond donors (Lipinski definition) is 1. The average molecular weight is 550 g/mol. The molecule has 1 atom stereocenters. The minimum absolute atomic E-state index is 0.0957. The zero-order valence-electron chi connectivity index (χ0n) is 23.4. The number of anilines is 1. The summed E-state index contributed by atoms with van der Waals surface area (Å²) in [5, 5.41) is 2.92. The van der Waals surface area contributed by atoms with Gasteiger partial charge in [-0.2, -0.15) is 0 Å². The highest BCUT2D eigenvalue weighted by Gasteiger charge is 2.34. The lowest BCUT2D eigenvalue weighted by Gasteiger charge is -2.34. The highest BCUT2D eigenvalue weighted by atomic mass is 32.2. The molecule has 208 valence electrons. The third kappa shape index (κ3) is 7.47. The quantitative estimate of drug-likeness (QED) is 0.341. The number of nitrogens with one attached hydrogen (secondary N) is 1. The van der Waals surface area contributed by atoms with Crippen LogP contribution in [0.1, 0.15) is 50.8 Å². The van der Waals surface area contributed by atoms with Crippen molar-refractivity contribution in [3.63, 3.8) is 0 Å². The summed E-state index contributed by atoms with van der Waals surface area (Å²) in [7, 11) is -4.08. The molecule has 2 amide bonds. The summed E-state index contributed by atoms with van der Waals surface area (Å²) in [5.74, 6) is -0.717. The van der Waals surface area contributed by atoms with Gasteiger partial charge in [0.2, 0.25) is 11.8 Å². The van der Waals surface area contributed by atoms with E-state index in [0.29, 0.717) is 18.5 Å². The number of nitrogens with zero attached hydrogens (tertiary/aromatic N) is 2. The molecule has 0 radical (unpaired) electrons. The summed E-state index contributed by atoms with van der Waals surface area (Å²) in [6.07, 6.45) is 0.972. The van der Waals surface area contributed by atoms with Crippen molar-refractivity contribution < 1.29 is 18.0 Å². The smallest absolute Gasteiger partial charge is 0.264 e. The maximum absolute atomic E-state index is 14.1. The highest BCUT2D eigenvalue weighted by molar-refractivity contribution is 7.92. The van der Waals surface area contributed by atoms with E-state index in [0.717, 1.165) is 16.7 Å². The van der Waals surface area contributed by atoms with Crippen LogP contribution in [0.25, 0.3) is 0 Å². The zero-order chi connectivity index (χ0) is 28.6. The van der Waals surface area contributed by atoms with Crippen LogP contribution in [0.15, 0.2) is 83.8 Å². The van der Waals surface area contributed by atoms with E-state index in [1.54, 1.807) is 30.3 Å². The number of hydrogen-bond acceptors (Lipinski definition) is 4. The van der Waals surface area contributed by atoms with Crippen LogP contribution in [0.5, 0.6) is 0 Å². The fraction of sp³-hybridized carbons (Fsp3) is 0.355. The molecule has 0 aliphatic heterocycles. The van der Waals surface area contributed by atoms with Crippen molar-refractivity contribution >= 4 is 27.5 Å². The molecule has 7 nitrogen and oxygen atoms in total. The van der Waals surface area contributed by atoms with Gasteiger partial charge in [0.15, 0.2) is 0 Å². The summed E-state index contributed by atoms with van der Waals surface area (Å²) in [5.41, 5.74) is 3.19. The van der Waals surface area contributed by atoms with Gasteiger partial charge in [0.25, 0.3) is 10.0 Å². The summed E-state index contributed by atoms with van der Waals surface area (Å²) in [4.78, 5) is 28.9. The van der Waals surface area contributed by atoms with Gasteiger partial charge in [0.05, 0.1) is 10.6 Å². The first-order valence-electron chi connectivity index (χ1n) is 13.4. The molecule has 0 bridgehead atoms. The molecule has 3 aromatic carbocycles. The predicted molar refractivity (Wildman–Crippen MR) is 156 cm³/mol. The molecule has 8 heteroatoms. The molecule has 0 saturated heterocycles. The Bertz CT molecular complexity index is 1360. The number of benzene rings is 3. The van der Waals surface area contributed by atoms with Crippen LogP contribution in [0.2, 0.25) is 0 Å². The molecule has 0 heterocycles. The van der Waals surface area contributed by atoms with Crippen molar-refractivity contribution in [3.8, 4) is 0 Å². The molecule has 3 rings (SSSR count). The second-order valence-electron chi connectivity index (χ2n) is 9.90. The van der Waals surface area contributed by atoms with Crippen molar-refractivity contribution in [2.24, 2.45) is 0 Å². The minimum atomic E-state index is -4.08. The van der Waals surface area contributed by atoms with Gasteiger partial charge in [0.1, 0.15) is 12.6 Å². The SMILES string of the molecule is CCc1ccccc1N(CC(=O)N(Cc1ccc(C)cc1)[C@H](CC)C(=O)NC(C)C)S(=O)(=O)c1ccccc1. The summed E-state index contributed by atoms with van der Waals surface area (Å²) >= 11 is 0. The summed E-state index contributed by atoms with van der Waals surface area (Å²) < 4.78 is 29.1. The molecule has 39 heavy (non-hydrogen) atoms. The molecule has 0 spiro atoms. The van der Waals surface area contributed by atoms with Crippen LogP contribution in [-0.2, 0) is 32.6 Å². The molecule has 3 aromatic rings. The first-order valence-corrected chi connectivity index (χ1v) is 14.8. The van der Waals surface area contributed by atoms with Gasteiger partial charge >= 0.3 is 0 Å². The molecule has 0 aromatic heterocycles. The summed E-state index contributed by atoms with van der Waals surface area (Å²) in [6, 6.07) is 22.2. The van der Waals surface area contributed by atoms with Gasteiger partial charge in [-0.25, -0.2) is 8.42 Å². The Morgan fingerprint density at radius 1 is 0.872 bits per heavy atom. The number of rotatable bonds is 12. The third-order valence-corrected chi connectivity index (χ3v) is 8.32. The Labute approximate surface area is 232 Å². The highest BCUT2D eigenvalue weighted by Crippen LogP contribution is 2.28. The average Bonchev–Trinajstić information content (AvgIpc) is 2.92. The monoisotopic (exact) mass is 549 g/mol. The van der Waals surface area contributed by atoms with Crippen LogP contribution in [-0.4, -0.2) is 43.8 Å². The lowest BCUT2D eigenvalue weighted by molar-refractivity contribution is -0.140. The van der Waals surface area contributed by atoms with E-state index in [9.17, 15) is 18.0 Å². The Balaban J connectivity index is 2.08. The maximum Gasteiger partial charge on any atom is 0.264 e. The van der Waals surface area contributed by atoms with Gasteiger partial charge in [-0.05, 0) is 62.9 Å². The minimum Gasteiger partial charge on any atom is -0.352 e. The van der Waals surface area contributed by atoms with E-state index in [1.165, 1.54) is 21.3 Å². The van der Waals surface area contributed by atoms with Gasteiger partial charge in [-0.15, -0.1) is 0 Å². The second kappa shape index (κ2) is 13.4. The number of aryl methyl sites for hydroxylation is 2. The topological polar surface area (TPSA) is 86.8 Å². The van der Waals surface area contributed by atoms with Crippen molar-refractivity contribution in [2.75, 3.05) is 10.8 Å². The molecule has 1 N–H and O–H groups in total. The first kappa shape index (κ1) is 29.9. The zero-order valence-corrected chi connectivity index (χ0v) is 24.2. The van der Waals surface area contributed by atoms with Gasteiger partial charge in [0, 0.05) is 12.6 Å². The maximum atomic E-state index is 14.1. The van der Waals surface area contributed by atoms with E-state index >= 15 is 0 Å². The molecular weight excluding hydrogens is 510 g/mol. The number of amides is 2. The Morgan fingerprint density at radius 2 is 1.49 bits per heavy atom. The number of carbonyl (C=O) groups excluding carboxylic acids is 2. The first-order chi connectivity index (χ1) is 18.6. The predicted octanol–water partition coefficient (Wildman–Crippen LogP) is 5.08. The van der Waals surface area contributed by atoms with Crippen LogP contribution < -0.4 is 9.62 Å². The van der Waals surface area contributed by atoms with Gasteiger partial charge in [-0.1, -0.05) is 80.1 Å². The van der Waals surface area contributed by atoms with E-state index < -0.39 is 28.5 Å². The van der Waals surface area contributed by atoms with E-state index in [4.69, 9.17) is 0 Å². The Kier molecular flexibility index (Phi) is 10.3. The fourth-order valence-electron chi connectivity index (χ4n) is 4.48. The summed E-state index contributed by atoms with van der Waals surface area (Å²) in [6.45, 7) is 9.25. The standard InChI is InChI=1S/C31H39N3O4S/c1-6-26-13-11-12-16-29(26)34(39(37,38)27-14-9-8-10-15-27)22-30(35)33(21-25-19-17-24(5)18-20-25)28(7-2)31(36)32-23(3)4/h8-20,23,28H,6-7,21-22H2,1-5H3,(H,32,36)/t28-/m1/s1. The van der Waals surface area contributed by atoms with Gasteiger partial charge in [-0.3, -0.25) is 13.9 Å². The lowest BCUT2D eigenvalue weighted by Crippen LogP contribution is -2.53. The van der Waals surface area contributed by atoms with E-state index in [1.807, 2.05) is 71.0 Å². The number of para-hydroxylation sites is 1. The molecule has 0 aliphatic carbocycles. The fourth-order valence-corrected chi connectivity index (χ4v) is 5.95. The van der Waals surface area contributed by atoms with Gasteiger partial charge < -0.3 is 10.2 Å².